The van der Waals surface area contributed by atoms with Gasteiger partial charge in [-0.25, -0.2) is 4.98 Å². The number of aryl methyl sites for hydroxylation is 2. The van der Waals surface area contributed by atoms with Crippen LogP contribution >= 0.6 is 0 Å². The fraction of sp³-hybridized carbons (Fsp3) is 0.533. The number of likely N-dealkylation sites (N-methyl/N-ethyl adjacent to an activating group) is 1. The first kappa shape index (κ1) is 14.8. The number of carbonyl (C=O) groups excluding carboxylic acids is 1. The molecular weight excluding hydrogens is 282 g/mol. The van der Waals surface area contributed by atoms with Crippen LogP contribution in [0.1, 0.15) is 29.1 Å². The fourth-order valence-corrected chi connectivity index (χ4v) is 2.94. The molecule has 3 heterocycles. The number of oxazole rings is 1. The molecule has 0 aliphatic carbocycles. The summed E-state index contributed by atoms with van der Waals surface area (Å²) in [5.41, 5.74) is 1.18. The summed E-state index contributed by atoms with van der Waals surface area (Å²) < 4.78 is 7.34. The maximum absolute atomic E-state index is 12.8. The number of carbonyl (C=O) groups is 1. The van der Waals surface area contributed by atoms with Gasteiger partial charge in [-0.05, 0) is 26.8 Å². The Bertz CT molecular complexity index is 675. The lowest BCUT2D eigenvalue weighted by Crippen LogP contribution is -2.41. The predicted octanol–water partition coefficient (Wildman–Crippen LogP) is 1.21. The van der Waals surface area contributed by atoms with Crippen molar-refractivity contribution in [1.29, 1.82) is 0 Å². The van der Waals surface area contributed by atoms with Crippen LogP contribution in [0.2, 0.25) is 0 Å². The zero-order valence-corrected chi connectivity index (χ0v) is 13.2. The van der Waals surface area contributed by atoms with Crippen molar-refractivity contribution in [1.82, 2.24) is 25.0 Å². The minimum atomic E-state index is -0.0471. The van der Waals surface area contributed by atoms with Gasteiger partial charge in [-0.3, -0.25) is 9.48 Å². The van der Waals surface area contributed by atoms with Crippen LogP contribution < -0.4 is 5.32 Å². The molecule has 2 aromatic heterocycles. The molecular formula is C15H21N5O2. The molecule has 0 spiro atoms. The van der Waals surface area contributed by atoms with Crippen molar-refractivity contribution in [2.75, 3.05) is 20.1 Å². The second-order valence-electron chi connectivity index (χ2n) is 5.68. The van der Waals surface area contributed by atoms with Crippen molar-refractivity contribution >= 4 is 5.91 Å². The van der Waals surface area contributed by atoms with E-state index in [1.54, 1.807) is 17.8 Å². The molecule has 1 atom stereocenters. The van der Waals surface area contributed by atoms with E-state index in [0.717, 1.165) is 31.5 Å². The lowest BCUT2D eigenvalue weighted by atomic mass is 10.2. The van der Waals surface area contributed by atoms with E-state index in [-0.39, 0.29) is 11.9 Å². The number of nitrogens with one attached hydrogen (secondary N) is 1. The van der Waals surface area contributed by atoms with Gasteiger partial charge in [0.1, 0.15) is 5.76 Å². The van der Waals surface area contributed by atoms with Gasteiger partial charge in [-0.15, -0.1) is 0 Å². The summed E-state index contributed by atoms with van der Waals surface area (Å²) in [6, 6.07) is 0.232. The second kappa shape index (κ2) is 5.92. The van der Waals surface area contributed by atoms with E-state index in [1.165, 1.54) is 0 Å². The van der Waals surface area contributed by atoms with E-state index in [9.17, 15) is 4.79 Å². The van der Waals surface area contributed by atoms with Gasteiger partial charge in [0.25, 0.3) is 5.91 Å². The molecule has 1 aliphatic rings. The minimum absolute atomic E-state index is 0.0471. The first-order chi connectivity index (χ1) is 10.6. The Kier molecular flexibility index (Phi) is 3.98. The third-order valence-electron chi connectivity index (χ3n) is 4.03. The zero-order chi connectivity index (χ0) is 15.7. The Balaban J connectivity index is 1.85. The molecule has 7 nitrogen and oxygen atoms in total. The van der Waals surface area contributed by atoms with E-state index < -0.39 is 0 Å². The van der Waals surface area contributed by atoms with E-state index in [0.29, 0.717) is 17.3 Å². The largest absolute Gasteiger partial charge is 0.440 e. The Morgan fingerprint density at radius 1 is 1.55 bits per heavy atom. The molecule has 0 bridgehead atoms. The zero-order valence-electron chi connectivity index (χ0n) is 13.2. The molecule has 118 valence electrons. The number of aromatic nitrogens is 3. The average Bonchev–Trinajstić information content (AvgIpc) is 3.18. The quantitative estimate of drug-likeness (QED) is 0.918. The summed E-state index contributed by atoms with van der Waals surface area (Å²) in [5, 5.41) is 7.25. The number of hydrogen-bond acceptors (Lipinski definition) is 5. The predicted molar refractivity (Wildman–Crippen MR) is 81.4 cm³/mol. The number of rotatable bonds is 4. The van der Waals surface area contributed by atoms with Gasteiger partial charge < -0.3 is 14.6 Å². The smallest absolute Gasteiger partial charge is 0.276 e. The molecule has 0 saturated carbocycles. The number of likely N-dealkylation sites (tertiary alicyclic amines) is 1. The van der Waals surface area contributed by atoms with Crippen LogP contribution in [0.3, 0.4) is 0 Å². The second-order valence-corrected chi connectivity index (χ2v) is 5.68. The molecule has 1 aliphatic heterocycles. The first-order valence-corrected chi connectivity index (χ1v) is 7.52. The molecule has 22 heavy (non-hydrogen) atoms. The van der Waals surface area contributed by atoms with Crippen molar-refractivity contribution in [3.8, 4) is 11.5 Å². The Morgan fingerprint density at radius 2 is 2.36 bits per heavy atom. The lowest BCUT2D eigenvalue weighted by Gasteiger charge is -2.23. The summed E-state index contributed by atoms with van der Waals surface area (Å²) in [5.74, 6) is 0.950. The van der Waals surface area contributed by atoms with Gasteiger partial charge in [-0.2, -0.15) is 5.10 Å². The van der Waals surface area contributed by atoms with Gasteiger partial charge in [0.15, 0.2) is 5.69 Å². The van der Waals surface area contributed by atoms with Crippen LogP contribution in [-0.2, 0) is 7.05 Å². The van der Waals surface area contributed by atoms with Gasteiger partial charge in [0, 0.05) is 32.4 Å². The molecule has 0 aromatic carbocycles. The lowest BCUT2D eigenvalue weighted by molar-refractivity contribution is 0.0730. The summed E-state index contributed by atoms with van der Waals surface area (Å²) in [6.07, 6.45) is 5.56. The van der Waals surface area contributed by atoms with E-state index in [1.807, 2.05) is 25.2 Å². The number of amides is 1. The molecule has 3 rings (SSSR count). The molecule has 1 fully saturated rings. The van der Waals surface area contributed by atoms with Gasteiger partial charge in [0.05, 0.1) is 11.8 Å². The van der Waals surface area contributed by atoms with Crippen LogP contribution in [0.15, 0.2) is 16.8 Å². The monoisotopic (exact) mass is 303 g/mol. The molecule has 1 N–H and O–H groups in total. The Hall–Kier alpha value is -2.15. The SMILES string of the molecule is CNCC1CCCN1C(=O)c1nc(-c2cnn(C)c2)oc1C. The highest BCUT2D eigenvalue weighted by Gasteiger charge is 2.32. The summed E-state index contributed by atoms with van der Waals surface area (Å²) in [7, 11) is 3.74. The summed E-state index contributed by atoms with van der Waals surface area (Å²) in [6.45, 7) is 3.36. The highest BCUT2D eigenvalue weighted by Crippen LogP contribution is 2.25. The van der Waals surface area contributed by atoms with Gasteiger partial charge in [-0.1, -0.05) is 0 Å². The maximum Gasteiger partial charge on any atom is 0.276 e. The molecule has 7 heteroatoms. The number of hydrogen-bond donors (Lipinski definition) is 1. The molecule has 0 radical (unpaired) electrons. The standard InChI is InChI=1S/C15H21N5O2/c1-10-13(15(21)20-6-4-5-12(20)8-16-2)18-14(22-10)11-7-17-19(3)9-11/h7,9,12,16H,4-6,8H2,1-3H3. The first-order valence-electron chi connectivity index (χ1n) is 7.52. The Morgan fingerprint density at radius 3 is 3.05 bits per heavy atom. The average molecular weight is 303 g/mol. The van der Waals surface area contributed by atoms with Crippen LogP contribution in [0.4, 0.5) is 0 Å². The van der Waals surface area contributed by atoms with Crippen LogP contribution in [0, 0.1) is 6.92 Å². The fourth-order valence-electron chi connectivity index (χ4n) is 2.94. The van der Waals surface area contributed by atoms with Crippen molar-refractivity contribution in [3.63, 3.8) is 0 Å². The third kappa shape index (κ3) is 2.64. The summed E-state index contributed by atoms with van der Waals surface area (Å²) in [4.78, 5) is 19.1. The highest BCUT2D eigenvalue weighted by atomic mass is 16.4. The summed E-state index contributed by atoms with van der Waals surface area (Å²) >= 11 is 0. The molecule has 2 aromatic rings. The highest BCUT2D eigenvalue weighted by molar-refractivity contribution is 5.94. The van der Waals surface area contributed by atoms with Crippen LogP contribution in [0.5, 0.6) is 0 Å². The van der Waals surface area contributed by atoms with Crippen LogP contribution in [0.25, 0.3) is 11.5 Å². The topological polar surface area (TPSA) is 76.2 Å². The number of nitrogens with zero attached hydrogens (tertiary/aromatic N) is 4. The van der Waals surface area contributed by atoms with Gasteiger partial charge >= 0.3 is 0 Å². The molecule has 1 unspecified atom stereocenters. The van der Waals surface area contributed by atoms with E-state index in [2.05, 4.69) is 15.4 Å². The van der Waals surface area contributed by atoms with E-state index >= 15 is 0 Å². The Labute approximate surface area is 129 Å². The minimum Gasteiger partial charge on any atom is -0.440 e. The molecule has 1 amide bonds. The normalized spacial score (nSPS) is 18.1. The van der Waals surface area contributed by atoms with Crippen molar-refractivity contribution in [3.05, 3.63) is 23.8 Å². The molecule has 1 saturated heterocycles. The van der Waals surface area contributed by atoms with Crippen molar-refractivity contribution in [2.45, 2.75) is 25.8 Å². The van der Waals surface area contributed by atoms with Crippen molar-refractivity contribution < 1.29 is 9.21 Å². The van der Waals surface area contributed by atoms with Crippen molar-refractivity contribution in [2.24, 2.45) is 7.05 Å². The maximum atomic E-state index is 12.8. The van der Waals surface area contributed by atoms with Gasteiger partial charge in [0.2, 0.25) is 5.89 Å². The van der Waals surface area contributed by atoms with E-state index in [4.69, 9.17) is 4.42 Å². The van der Waals surface area contributed by atoms with Crippen LogP contribution in [-0.4, -0.2) is 51.8 Å². The third-order valence-corrected chi connectivity index (χ3v) is 4.03.